The molecule has 0 saturated heterocycles. The molecule has 0 radical (unpaired) electrons. The lowest BCUT2D eigenvalue weighted by atomic mass is 9.89. The fourth-order valence-electron chi connectivity index (χ4n) is 6.85. The molecule has 0 amide bonds. The van der Waals surface area contributed by atoms with Gasteiger partial charge in [-0.15, -0.1) is 0 Å². The summed E-state index contributed by atoms with van der Waals surface area (Å²) in [6.45, 7) is 0. The van der Waals surface area contributed by atoms with Gasteiger partial charge >= 0.3 is 0 Å². The van der Waals surface area contributed by atoms with Gasteiger partial charge in [0.15, 0.2) is 0 Å². The van der Waals surface area contributed by atoms with Gasteiger partial charge in [-0.1, -0.05) is 163 Å². The van der Waals surface area contributed by atoms with Crippen molar-refractivity contribution in [1.82, 2.24) is 0 Å². The Kier molecular flexibility index (Phi) is 3.39. The second-order valence-corrected chi connectivity index (χ2v) is 11.7. The van der Waals surface area contributed by atoms with Crippen molar-refractivity contribution in [1.29, 1.82) is 0 Å². The summed E-state index contributed by atoms with van der Waals surface area (Å²) < 4.78 is 189. The van der Waals surface area contributed by atoms with Crippen LogP contribution in [0.5, 0.6) is 0 Å². The number of fused-ring (bicyclic) bond motifs is 8. The zero-order chi connectivity index (χ0) is 51.3. The predicted molar refractivity (Wildman–Crippen MR) is 212 cm³/mol. The van der Waals surface area contributed by atoms with Gasteiger partial charge in [-0.3, -0.25) is 0 Å². The van der Waals surface area contributed by atoms with Crippen LogP contribution < -0.4 is 4.90 Å². The molecule has 0 N–H and O–H groups in total. The summed E-state index contributed by atoms with van der Waals surface area (Å²) in [4.78, 5) is 1.10. The van der Waals surface area contributed by atoms with E-state index in [-0.39, 0.29) is 27.9 Å². The van der Waals surface area contributed by atoms with E-state index in [9.17, 15) is 12.3 Å². The van der Waals surface area contributed by atoms with E-state index >= 15 is 0 Å². The van der Waals surface area contributed by atoms with Gasteiger partial charge in [0.05, 0.1) is 34.5 Å². The molecule has 10 rings (SSSR count). The first kappa shape index (κ1) is 14.6. The maximum absolute atomic E-state index is 9.75. The highest BCUT2D eigenvalue weighted by atomic mass is 15.1. The molecule has 1 aliphatic rings. The molecule has 234 valence electrons. The lowest BCUT2D eigenvalue weighted by Gasteiger charge is -2.29. The SMILES string of the molecule is [2H]c1c([2H])c([2H])c(-c2c([2H])c([2H])c(N(c3ccc4ccc5c6ccccc6ccc5c4c3)c3c([2H])c([2H])c([2H])c4c3-c3c([2H])c([2H])c([2H])c([2H])c3C4c3c([2H])c([2H])c([2H])c([2H])c3[2H])c([2H])c2[2H])c([2H])c1[2H]. The van der Waals surface area contributed by atoms with E-state index in [2.05, 4.69) is 0 Å². The van der Waals surface area contributed by atoms with Crippen LogP contribution in [-0.4, -0.2) is 0 Å². The molecule has 1 nitrogen and oxygen atoms in total. The molecule has 0 bridgehead atoms. The fraction of sp³-hybridized carbons (Fsp3) is 0.0204. The van der Waals surface area contributed by atoms with E-state index in [1.54, 1.807) is 12.1 Å². The summed E-state index contributed by atoms with van der Waals surface area (Å²) in [7, 11) is 0. The van der Waals surface area contributed by atoms with E-state index in [0.717, 1.165) is 26.4 Å². The number of benzene rings is 9. The Morgan fingerprint density at radius 2 is 1.08 bits per heavy atom. The minimum atomic E-state index is -1.77. The van der Waals surface area contributed by atoms with Crippen LogP contribution in [0.2, 0.25) is 0 Å². The van der Waals surface area contributed by atoms with Crippen LogP contribution in [0.3, 0.4) is 0 Å². The molecule has 0 fully saturated rings. The van der Waals surface area contributed by atoms with Crippen LogP contribution in [0.25, 0.3) is 54.6 Å². The summed E-state index contributed by atoms with van der Waals surface area (Å²) in [5.74, 6) is -1.77. The third-order valence-corrected chi connectivity index (χ3v) is 9.03. The molecule has 1 atom stereocenters. The maximum Gasteiger partial charge on any atom is 0.0645 e. The molecule has 1 heteroatoms. The van der Waals surface area contributed by atoms with Crippen LogP contribution in [0.1, 0.15) is 51.4 Å². The van der Waals surface area contributed by atoms with Crippen LogP contribution in [-0.2, 0) is 0 Å². The topological polar surface area (TPSA) is 3.24 Å². The molecular weight excluding hydrogens is 603 g/mol. The first-order valence-electron chi connectivity index (χ1n) is 26.2. The highest BCUT2D eigenvalue weighted by Crippen LogP contribution is 2.54. The van der Waals surface area contributed by atoms with Crippen LogP contribution in [0, 0.1) is 0 Å². The van der Waals surface area contributed by atoms with Crippen molar-refractivity contribution < 1.29 is 28.8 Å². The zero-order valence-corrected chi connectivity index (χ0v) is 25.9. The molecule has 9 aromatic rings. The van der Waals surface area contributed by atoms with Gasteiger partial charge < -0.3 is 4.90 Å². The average Bonchev–Trinajstić information content (AvgIpc) is 3.71. The van der Waals surface area contributed by atoms with E-state index in [1.807, 2.05) is 48.5 Å². The molecular formula is C49H33N. The zero-order valence-electron chi connectivity index (χ0n) is 46.9. The quantitative estimate of drug-likeness (QED) is 0.167. The fourth-order valence-corrected chi connectivity index (χ4v) is 6.85. The molecule has 0 heterocycles. The Labute approximate surface area is 321 Å². The molecule has 0 saturated carbocycles. The smallest absolute Gasteiger partial charge is 0.0645 e. The summed E-state index contributed by atoms with van der Waals surface area (Å²) in [5, 5.41) is 4.65. The van der Waals surface area contributed by atoms with Crippen molar-refractivity contribution in [2.45, 2.75) is 5.92 Å². The van der Waals surface area contributed by atoms with E-state index < -0.39 is 161 Å². The molecule has 0 spiro atoms. The summed E-state index contributed by atoms with van der Waals surface area (Å²) >= 11 is 0. The molecule has 1 aliphatic carbocycles. The Balaban J connectivity index is 1.41. The molecule has 50 heavy (non-hydrogen) atoms. The molecule has 0 aromatic heterocycles. The Bertz CT molecular complexity index is 3840. The highest BCUT2D eigenvalue weighted by molar-refractivity contribution is 6.18. The minimum Gasteiger partial charge on any atom is -0.310 e. The van der Waals surface area contributed by atoms with Crippen molar-refractivity contribution in [3.05, 3.63) is 210 Å². The van der Waals surface area contributed by atoms with Crippen molar-refractivity contribution in [2.24, 2.45) is 0 Å². The lowest BCUT2D eigenvalue weighted by molar-refractivity contribution is 1.01. The first-order chi connectivity index (χ1) is 33.5. The predicted octanol–water partition coefficient (Wildman–Crippen LogP) is 13.4. The Morgan fingerprint density at radius 3 is 1.90 bits per heavy atom. The van der Waals surface area contributed by atoms with Gasteiger partial charge in [0, 0.05) is 22.9 Å². The average molecular weight is 657 g/mol. The number of anilines is 3. The highest BCUT2D eigenvalue weighted by Gasteiger charge is 2.33. The van der Waals surface area contributed by atoms with E-state index in [4.69, 9.17) is 16.4 Å². The molecule has 1 unspecified atom stereocenters. The Hall–Kier alpha value is -6.44. The monoisotopic (exact) mass is 656 g/mol. The van der Waals surface area contributed by atoms with E-state index in [0.29, 0.717) is 10.8 Å². The second kappa shape index (κ2) is 11.6. The molecule has 0 aliphatic heterocycles. The second-order valence-electron chi connectivity index (χ2n) is 11.7. The standard InChI is InChI=1S/C49H33N/c1-3-12-33(13-4-1)34-22-27-38(28-23-34)50(39-29-24-36-26-30-41-40-17-8-7-14-35(40)25-31-42(41)46(36)32-39)47-21-11-20-45-48(37-15-5-2-6-16-37)43-18-9-10-19-44(43)49(45)47/h1-32,48H/i1D,2D,3D,4D,5D,6D,9D,10D,11D,12D,13D,15D,16D,18D,19D,20D,21D,22D,23D,27D,28D. The molecule has 9 aromatic carbocycles. The van der Waals surface area contributed by atoms with E-state index in [1.165, 1.54) is 6.07 Å². The van der Waals surface area contributed by atoms with Crippen LogP contribution in [0.15, 0.2) is 194 Å². The van der Waals surface area contributed by atoms with Crippen LogP contribution in [0.4, 0.5) is 17.1 Å². The third kappa shape index (κ3) is 4.55. The number of hydrogen-bond acceptors (Lipinski definition) is 1. The first-order valence-corrected chi connectivity index (χ1v) is 15.7. The normalized spacial score (nSPS) is 19.3. The number of rotatable bonds is 5. The number of nitrogens with zero attached hydrogens (tertiary/aromatic N) is 1. The van der Waals surface area contributed by atoms with Gasteiger partial charge in [0.25, 0.3) is 0 Å². The number of hydrogen-bond donors (Lipinski definition) is 0. The van der Waals surface area contributed by atoms with Gasteiger partial charge in [-0.05, 0) is 96.0 Å². The minimum absolute atomic E-state index is 0.0102. The van der Waals surface area contributed by atoms with Gasteiger partial charge in [-0.25, -0.2) is 0 Å². The van der Waals surface area contributed by atoms with Gasteiger partial charge in [-0.2, -0.15) is 0 Å². The Morgan fingerprint density at radius 1 is 0.440 bits per heavy atom. The lowest BCUT2D eigenvalue weighted by Crippen LogP contribution is -2.11. The van der Waals surface area contributed by atoms with Gasteiger partial charge in [0.2, 0.25) is 0 Å². The maximum atomic E-state index is 9.75. The van der Waals surface area contributed by atoms with Crippen molar-refractivity contribution in [2.75, 3.05) is 4.90 Å². The summed E-state index contributed by atoms with van der Waals surface area (Å²) in [6, 6.07) is 3.30. The van der Waals surface area contributed by atoms with Crippen molar-refractivity contribution in [3.63, 3.8) is 0 Å². The summed E-state index contributed by atoms with van der Waals surface area (Å²) in [5.41, 5.74) is -4.35. The third-order valence-electron chi connectivity index (χ3n) is 9.03. The van der Waals surface area contributed by atoms with Crippen molar-refractivity contribution >= 4 is 49.4 Å². The van der Waals surface area contributed by atoms with Gasteiger partial charge in [0.1, 0.15) is 0 Å². The van der Waals surface area contributed by atoms with Crippen LogP contribution >= 0.6 is 0 Å². The largest absolute Gasteiger partial charge is 0.310 e. The van der Waals surface area contributed by atoms with Crippen molar-refractivity contribution in [3.8, 4) is 22.3 Å². The summed E-state index contributed by atoms with van der Waals surface area (Å²) in [6.07, 6.45) is 0.